The van der Waals surface area contributed by atoms with Gasteiger partial charge in [0.05, 0.1) is 5.41 Å². The van der Waals surface area contributed by atoms with Gasteiger partial charge in [-0.15, -0.1) is 0 Å². The summed E-state index contributed by atoms with van der Waals surface area (Å²) < 4.78 is 66.8. The predicted molar refractivity (Wildman–Crippen MR) is 107 cm³/mol. The molecule has 164 valence electrons. The van der Waals surface area contributed by atoms with Crippen LogP contribution >= 0.6 is 0 Å². The summed E-state index contributed by atoms with van der Waals surface area (Å²) in [4.78, 5) is 9.13. The Balaban J connectivity index is 1.17. The van der Waals surface area contributed by atoms with Crippen LogP contribution in [0.25, 0.3) is 11.0 Å². The second kappa shape index (κ2) is 6.93. The predicted octanol–water partition coefficient (Wildman–Crippen LogP) is 3.10. The molecule has 4 heterocycles. The number of aromatic nitrogens is 2. The minimum atomic E-state index is -4.20. The molecule has 1 saturated carbocycles. The van der Waals surface area contributed by atoms with Crippen molar-refractivity contribution in [2.24, 2.45) is 5.41 Å². The Morgan fingerprint density at radius 3 is 2.53 bits per heavy atom. The molecule has 10 heteroatoms. The summed E-state index contributed by atoms with van der Waals surface area (Å²) in [5, 5.41) is 0.488. The molecular weight excluding hydrogens is 417 g/mol. The van der Waals surface area contributed by atoms with E-state index in [1.807, 2.05) is 18.3 Å². The lowest BCUT2D eigenvalue weighted by Crippen LogP contribution is -2.60. The normalized spacial score (nSPS) is 24.2. The highest BCUT2D eigenvalue weighted by Crippen LogP contribution is 2.58. The number of hydrogen-bond donors (Lipinski definition) is 1. The van der Waals surface area contributed by atoms with Crippen molar-refractivity contribution in [3.63, 3.8) is 0 Å². The minimum absolute atomic E-state index is 0.0702. The van der Waals surface area contributed by atoms with Crippen molar-refractivity contribution in [3.05, 3.63) is 30.1 Å². The Bertz CT molecular complexity index is 1030. The number of alkyl halides is 3. The van der Waals surface area contributed by atoms with Gasteiger partial charge in [-0.1, -0.05) is 0 Å². The number of halogens is 3. The first-order chi connectivity index (χ1) is 14.2. The number of likely N-dealkylation sites (tertiary alicyclic amines) is 1. The number of rotatable bonds is 5. The summed E-state index contributed by atoms with van der Waals surface area (Å²) in [5.41, 5.74) is 0.408. The molecule has 3 aliphatic rings. The number of pyridine rings is 1. The summed E-state index contributed by atoms with van der Waals surface area (Å²) in [6.07, 6.45) is 1.27. The van der Waals surface area contributed by atoms with Crippen LogP contribution < -0.4 is 0 Å². The van der Waals surface area contributed by atoms with Crippen LogP contribution in [-0.4, -0.2) is 71.7 Å². The summed E-state index contributed by atoms with van der Waals surface area (Å²) in [6.45, 7) is 1.23. The molecule has 0 unspecified atom stereocenters. The van der Waals surface area contributed by atoms with E-state index in [4.69, 9.17) is 0 Å². The quantitative estimate of drug-likeness (QED) is 0.773. The SMILES string of the molecule is O=S(=O)(C1CN(CC2(C(F)(F)F)CC2)C1)N1CCC(c2c[nH]c3ncccc23)CC1. The Morgan fingerprint density at radius 2 is 1.90 bits per heavy atom. The van der Waals surface area contributed by atoms with Crippen molar-refractivity contribution in [1.29, 1.82) is 0 Å². The molecule has 2 saturated heterocycles. The maximum atomic E-state index is 13.1. The van der Waals surface area contributed by atoms with Crippen LogP contribution in [0.3, 0.4) is 0 Å². The fourth-order valence-corrected chi connectivity index (χ4v) is 6.84. The van der Waals surface area contributed by atoms with Crippen LogP contribution in [0.1, 0.15) is 37.2 Å². The van der Waals surface area contributed by atoms with Gasteiger partial charge in [0, 0.05) is 50.5 Å². The number of sulfonamides is 1. The van der Waals surface area contributed by atoms with Crippen molar-refractivity contribution in [2.75, 3.05) is 32.7 Å². The molecule has 0 atom stereocenters. The largest absolute Gasteiger partial charge is 0.395 e. The zero-order valence-corrected chi connectivity index (χ0v) is 17.3. The first kappa shape index (κ1) is 20.3. The van der Waals surface area contributed by atoms with Gasteiger partial charge in [-0.05, 0) is 49.3 Å². The molecule has 0 radical (unpaired) electrons. The monoisotopic (exact) mass is 442 g/mol. The fourth-order valence-electron chi connectivity index (χ4n) is 4.90. The van der Waals surface area contributed by atoms with E-state index in [-0.39, 0.29) is 38.4 Å². The lowest BCUT2D eigenvalue weighted by atomic mass is 9.90. The Hall–Kier alpha value is -1.65. The zero-order valence-electron chi connectivity index (χ0n) is 16.5. The highest BCUT2D eigenvalue weighted by molar-refractivity contribution is 7.89. The number of hydrogen-bond acceptors (Lipinski definition) is 4. The van der Waals surface area contributed by atoms with E-state index < -0.39 is 26.9 Å². The fraction of sp³-hybridized carbons (Fsp3) is 0.650. The highest BCUT2D eigenvalue weighted by Gasteiger charge is 2.64. The van der Waals surface area contributed by atoms with Gasteiger partial charge in [0.1, 0.15) is 10.9 Å². The number of H-pyrrole nitrogens is 1. The van der Waals surface area contributed by atoms with Crippen LogP contribution in [-0.2, 0) is 10.0 Å². The summed E-state index contributed by atoms with van der Waals surface area (Å²) in [6, 6.07) is 3.92. The number of piperidine rings is 1. The molecule has 6 nitrogen and oxygen atoms in total. The average Bonchev–Trinajstić information content (AvgIpc) is 3.36. The van der Waals surface area contributed by atoms with Crippen molar-refractivity contribution >= 4 is 21.1 Å². The van der Waals surface area contributed by atoms with Crippen LogP contribution in [0.5, 0.6) is 0 Å². The van der Waals surface area contributed by atoms with Gasteiger partial charge in [0.15, 0.2) is 0 Å². The molecule has 1 N–H and O–H groups in total. The van der Waals surface area contributed by atoms with Crippen molar-refractivity contribution in [3.8, 4) is 0 Å². The molecule has 30 heavy (non-hydrogen) atoms. The van der Waals surface area contributed by atoms with Gasteiger partial charge in [-0.3, -0.25) is 4.90 Å². The smallest absolute Gasteiger partial charge is 0.346 e. The van der Waals surface area contributed by atoms with E-state index in [1.54, 1.807) is 11.1 Å². The Morgan fingerprint density at radius 1 is 1.20 bits per heavy atom. The van der Waals surface area contributed by atoms with E-state index in [2.05, 4.69) is 9.97 Å². The van der Waals surface area contributed by atoms with E-state index in [1.165, 1.54) is 9.87 Å². The van der Waals surface area contributed by atoms with Crippen LogP contribution in [0.2, 0.25) is 0 Å². The molecule has 2 aromatic heterocycles. The first-order valence-corrected chi connectivity index (χ1v) is 11.9. The highest BCUT2D eigenvalue weighted by atomic mass is 32.2. The zero-order chi connectivity index (χ0) is 21.1. The third-order valence-corrected chi connectivity index (χ3v) is 9.29. The molecule has 2 aromatic rings. The standard InChI is InChI=1S/C20H25F3N4O2S/c21-20(22,23)19(5-6-19)13-26-11-15(12-26)30(28,29)27-8-3-14(4-9-27)17-10-25-18-16(17)2-1-7-24-18/h1-2,7,10,14-15H,3-6,8-9,11-13H2,(H,24,25). The van der Waals surface area contributed by atoms with Gasteiger partial charge in [-0.25, -0.2) is 17.7 Å². The number of nitrogens with one attached hydrogen (secondary N) is 1. The van der Waals surface area contributed by atoms with Gasteiger partial charge < -0.3 is 4.98 Å². The van der Waals surface area contributed by atoms with Crippen LogP contribution in [0.15, 0.2) is 24.5 Å². The lowest BCUT2D eigenvalue weighted by Gasteiger charge is -2.43. The molecule has 0 spiro atoms. The van der Waals surface area contributed by atoms with Gasteiger partial charge in [0.2, 0.25) is 10.0 Å². The van der Waals surface area contributed by atoms with Crippen molar-refractivity contribution in [2.45, 2.75) is 43.0 Å². The van der Waals surface area contributed by atoms with Crippen LogP contribution in [0.4, 0.5) is 13.2 Å². The number of nitrogens with zero attached hydrogens (tertiary/aromatic N) is 3. The first-order valence-electron chi connectivity index (χ1n) is 10.4. The second-order valence-corrected chi connectivity index (χ2v) is 11.2. The maximum absolute atomic E-state index is 13.1. The molecule has 3 fully saturated rings. The summed E-state index contributed by atoms with van der Waals surface area (Å²) >= 11 is 0. The van der Waals surface area contributed by atoms with Gasteiger partial charge >= 0.3 is 6.18 Å². The average molecular weight is 443 g/mol. The molecule has 2 aliphatic heterocycles. The van der Waals surface area contributed by atoms with E-state index in [0.29, 0.717) is 13.1 Å². The third-order valence-electron chi connectivity index (χ3n) is 7.06. The maximum Gasteiger partial charge on any atom is 0.395 e. The summed E-state index contributed by atoms with van der Waals surface area (Å²) in [7, 11) is -3.47. The van der Waals surface area contributed by atoms with E-state index in [0.717, 1.165) is 23.9 Å². The molecule has 1 aliphatic carbocycles. The molecule has 0 aromatic carbocycles. The van der Waals surface area contributed by atoms with E-state index in [9.17, 15) is 21.6 Å². The van der Waals surface area contributed by atoms with Gasteiger partial charge in [-0.2, -0.15) is 13.2 Å². The Kier molecular flexibility index (Phi) is 4.68. The Labute approximate surface area is 173 Å². The van der Waals surface area contributed by atoms with Gasteiger partial charge in [0.25, 0.3) is 0 Å². The second-order valence-electron chi connectivity index (χ2n) is 8.96. The molecule has 0 amide bonds. The number of fused-ring (bicyclic) bond motifs is 1. The molecule has 0 bridgehead atoms. The van der Waals surface area contributed by atoms with Crippen molar-refractivity contribution in [1.82, 2.24) is 19.2 Å². The molecule has 5 rings (SSSR count). The molecular formula is C20H25F3N4O2S. The van der Waals surface area contributed by atoms with Crippen LogP contribution in [0, 0.1) is 5.41 Å². The summed E-state index contributed by atoms with van der Waals surface area (Å²) in [5.74, 6) is 0.272. The van der Waals surface area contributed by atoms with E-state index >= 15 is 0 Å². The third kappa shape index (κ3) is 3.33. The topological polar surface area (TPSA) is 69.3 Å². The van der Waals surface area contributed by atoms with Crippen molar-refractivity contribution < 1.29 is 21.6 Å². The number of aromatic amines is 1. The lowest BCUT2D eigenvalue weighted by molar-refractivity contribution is -0.193. The minimum Gasteiger partial charge on any atom is -0.346 e.